The maximum atomic E-state index is 13.0. The zero-order valence-corrected chi connectivity index (χ0v) is 15.6. The molecule has 2 atom stereocenters. The van der Waals surface area contributed by atoms with Gasteiger partial charge in [0.2, 0.25) is 11.7 Å². The van der Waals surface area contributed by atoms with Crippen LogP contribution in [0.25, 0.3) is 11.1 Å². The molecule has 1 aromatic heterocycles. The number of ketones is 1. The molecule has 2 heterocycles. The summed E-state index contributed by atoms with van der Waals surface area (Å²) in [6, 6.07) is 6.04. The predicted molar refractivity (Wildman–Crippen MR) is 97.2 cm³/mol. The molecule has 0 saturated carbocycles. The number of benzene rings is 1. The molecule has 1 aliphatic heterocycles. The Hall–Kier alpha value is -2.90. The van der Waals surface area contributed by atoms with Crippen LogP contribution in [0.1, 0.15) is 44.3 Å². The molecule has 8 nitrogen and oxygen atoms in total. The van der Waals surface area contributed by atoms with E-state index in [0.29, 0.717) is 24.1 Å². The molecular formula is C19H23N3O5. The van der Waals surface area contributed by atoms with Gasteiger partial charge in [0.05, 0.1) is 0 Å². The van der Waals surface area contributed by atoms with Crippen LogP contribution in [0, 0.1) is 5.92 Å². The number of hydrogen-bond donors (Lipinski definition) is 2. The van der Waals surface area contributed by atoms with E-state index in [1.54, 1.807) is 45.0 Å². The Morgan fingerprint density at radius 2 is 2.11 bits per heavy atom. The van der Waals surface area contributed by atoms with Gasteiger partial charge in [0.1, 0.15) is 17.2 Å². The van der Waals surface area contributed by atoms with E-state index >= 15 is 0 Å². The van der Waals surface area contributed by atoms with Crippen molar-refractivity contribution >= 4 is 28.9 Å². The van der Waals surface area contributed by atoms with E-state index < -0.39 is 23.5 Å². The normalized spacial score (nSPS) is 18.2. The molecule has 0 aliphatic carbocycles. The quantitative estimate of drug-likeness (QED) is 0.779. The molecule has 8 heteroatoms. The molecular weight excluding hydrogens is 350 g/mol. The lowest BCUT2D eigenvalue weighted by atomic mass is 9.96. The zero-order valence-electron chi connectivity index (χ0n) is 15.6. The molecule has 2 aromatic rings. The van der Waals surface area contributed by atoms with E-state index in [1.807, 2.05) is 0 Å². The maximum Gasteiger partial charge on any atom is 0.408 e. The first kappa shape index (κ1) is 18.9. The summed E-state index contributed by atoms with van der Waals surface area (Å²) in [6.07, 6.45) is 0.0322. The summed E-state index contributed by atoms with van der Waals surface area (Å²) in [7, 11) is 0. The SMILES string of the molecule is CC(C)(C)OC(=O)N[C@@H](C[C@@H]1CCNC1=O)C(=O)c1nc2ccccc2o1. The molecule has 1 aromatic carbocycles. The standard InChI is InChI=1S/C19H23N3O5/c1-19(2,3)27-18(25)22-13(10-11-8-9-20-16(11)24)15(23)17-21-12-6-4-5-7-14(12)26-17/h4-7,11,13H,8-10H2,1-3H3,(H,20,24)(H,22,25)/t11-,13-/m0/s1. The average molecular weight is 373 g/mol. The van der Waals surface area contributed by atoms with E-state index in [9.17, 15) is 14.4 Å². The number of carbonyl (C=O) groups excluding carboxylic acids is 3. The van der Waals surface area contributed by atoms with Crippen LogP contribution < -0.4 is 10.6 Å². The van der Waals surface area contributed by atoms with Crippen LogP contribution in [0.15, 0.2) is 28.7 Å². The summed E-state index contributed by atoms with van der Waals surface area (Å²) in [5, 5.41) is 5.31. The predicted octanol–water partition coefficient (Wildman–Crippen LogP) is 2.43. The van der Waals surface area contributed by atoms with Crippen molar-refractivity contribution < 1.29 is 23.5 Å². The number of nitrogens with zero attached hydrogens (tertiary/aromatic N) is 1. The van der Waals surface area contributed by atoms with Gasteiger partial charge in [-0.1, -0.05) is 12.1 Å². The lowest BCUT2D eigenvalue weighted by Gasteiger charge is -2.23. The molecule has 1 saturated heterocycles. The Morgan fingerprint density at radius 1 is 1.37 bits per heavy atom. The molecule has 3 rings (SSSR count). The fraction of sp³-hybridized carbons (Fsp3) is 0.474. The van der Waals surface area contributed by atoms with E-state index in [0.717, 1.165) is 0 Å². The van der Waals surface area contributed by atoms with Crippen molar-refractivity contribution in [1.82, 2.24) is 15.6 Å². The van der Waals surface area contributed by atoms with Gasteiger partial charge in [0, 0.05) is 12.5 Å². The number of oxazole rings is 1. The van der Waals surface area contributed by atoms with Gasteiger partial charge in [-0.2, -0.15) is 0 Å². The van der Waals surface area contributed by atoms with Gasteiger partial charge in [-0.3, -0.25) is 9.59 Å². The Morgan fingerprint density at radius 3 is 2.74 bits per heavy atom. The number of nitrogens with one attached hydrogen (secondary N) is 2. The minimum Gasteiger partial charge on any atom is -0.444 e. The number of carbonyl (C=O) groups is 3. The summed E-state index contributed by atoms with van der Waals surface area (Å²) >= 11 is 0. The first-order valence-electron chi connectivity index (χ1n) is 8.90. The second-order valence-corrected chi connectivity index (χ2v) is 7.56. The van der Waals surface area contributed by atoms with Gasteiger partial charge in [-0.25, -0.2) is 9.78 Å². The largest absolute Gasteiger partial charge is 0.444 e. The van der Waals surface area contributed by atoms with Crippen molar-refractivity contribution in [2.75, 3.05) is 6.54 Å². The van der Waals surface area contributed by atoms with Gasteiger partial charge in [-0.15, -0.1) is 0 Å². The van der Waals surface area contributed by atoms with Crippen LogP contribution in [0.2, 0.25) is 0 Å². The molecule has 1 fully saturated rings. The number of aromatic nitrogens is 1. The Kier molecular flexibility index (Phi) is 5.16. The second kappa shape index (κ2) is 7.38. The molecule has 27 heavy (non-hydrogen) atoms. The van der Waals surface area contributed by atoms with Crippen LogP contribution in [0.5, 0.6) is 0 Å². The summed E-state index contributed by atoms with van der Waals surface area (Å²) in [4.78, 5) is 41.3. The molecule has 0 unspecified atom stereocenters. The van der Waals surface area contributed by atoms with Crippen LogP contribution in [0.3, 0.4) is 0 Å². The zero-order chi connectivity index (χ0) is 19.6. The molecule has 144 valence electrons. The lowest BCUT2D eigenvalue weighted by Crippen LogP contribution is -2.45. The molecule has 1 aliphatic rings. The first-order valence-corrected chi connectivity index (χ1v) is 8.90. The van der Waals surface area contributed by atoms with Gasteiger partial charge < -0.3 is 19.8 Å². The number of amides is 2. The van der Waals surface area contributed by atoms with Crippen molar-refractivity contribution in [2.24, 2.45) is 5.92 Å². The van der Waals surface area contributed by atoms with Crippen LogP contribution in [-0.2, 0) is 9.53 Å². The minimum atomic E-state index is -0.971. The monoisotopic (exact) mass is 373 g/mol. The first-order chi connectivity index (χ1) is 12.7. The van der Waals surface area contributed by atoms with E-state index in [2.05, 4.69) is 15.6 Å². The smallest absolute Gasteiger partial charge is 0.408 e. The third-order valence-electron chi connectivity index (χ3n) is 4.20. The molecule has 0 bridgehead atoms. The average Bonchev–Trinajstić information content (AvgIpc) is 3.18. The van der Waals surface area contributed by atoms with Crippen molar-refractivity contribution in [1.29, 1.82) is 0 Å². The molecule has 2 amide bonds. The van der Waals surface area contributed by atoms with Gasteiger partial charge in [0.15, 0.2) is 5.58 Å². The maximum absolute atomic E-state index is 13.0. The summed E-state index contributed by atoms with van der Waals surface area (Å²) in [5.74, 6) is -1.08. The number of rotatable bonds is 5. The topological polar surface area (TPSA) is 111 Å². The third kappa shape index (κ3) is 4.64. The Bertz CT molecular complexity index is 835. The fourth-order valence-electron chi connectivity index (χ4n) is 2.96. The van der Waals surface area contributed by atoms with Gasteiger partial charge in [0.25, 0.3) is 5.89 Å². The van der Waals surface area contributed by atoms with Crippen LogP contribution in [-0.4, -0.2) is 41.0 Å². The summed E-state index contributed by atoms with van der Waals surface area (Å²) in [6.45, 7) is 5.75. The third-order valence-corrected chi connectivity index (χ3v) is 4.20. The number of alkyl carbamates (subject to hydrolysis) is 1. The number of Topliss-reactive ketones (excluding diaryl/α,β-unsaturated/α-hetero) is 1. The van der Waals surface area contributed by atoms with E-state index in [-0.39, 0.29) is 24.1 Å². The van der Waals surface area contributed by atoms with Crippen LogP contribution >= 0.6 is 0 Å². The van der Waals surface area contributed by atoms with Gasteiger partial charge in [-0.05, 0) is 45.7 Å². The minimum absolute atomic E-state index is 0.101. The molecule has 0 spiro atoms. The number of para-hydroxylation sites is 2. The number of hydrogen-bond acceptors (Lipinski definition) is 6. The molecule has 2 N–H and O–H groups in total. The van der Waals surface area contributed by atoms with Crippen molar-refractivity contribution in [3.63, 3.8) is 0 Å². The second-order valence-electron chi connectivity index (χ2n) is 7.56. The van der Waals surface area contributed by atoms with Crippen molar-refractivity contribution in [3.8, 4) is 0 Å². The highest BCUT2D eigenvalue weighted by Gasteiger charge is 2.34. The van der Waals surface area contributed by atoms with Crippen LogP contribution in [0.4, 0.5) is 4.79 Å². The van der Waals surface area contributed by atoms with E-state index in [4.69, 9.17) is 9.15 Å². The Labute approximate surface area is 156 Å². The Balaban J connectivity index is 1.81. The van der Waals surface area contributed by atoms with Gasteiger partial charge >= 0.3 is 6.09 Å². The lowest BCUT2D eigenvalue weighted by molar-refractivity contribution is -0.122. The highest BCUT2D eigenvalue weighted by Crippen LogP contribution is 2.21. The van der Waals surface area contributed by atoms with Crippen molar-refractivity contribution in [3.05, 3.63) is 30.2 Å². The van der Waals surface area contributed by atoms with E-state index in [1.165, 1.54) is 0 Å². The summed E-state index contributed by atoms with van der Waals surface area (Å²) in [5.41, 5.74) is 0.325. The fourth-order valence-corrected chi connectivity index (χ4v) is 2.96. The highest BCUT2D eigenvalue weighted by atomic mass is 16.6. The summed E-state index contributed by atoms with van der Waals surface area (Å²) < 4.78 is 10.8. The van der Waals surface area contributed by atoms with Crippen molar-refractivity contribution in [2.45, 2.75) is 45.3 Å². The number of fused-ring (bicyclic) bond motifs is 1. The highest BCUT2D eigenvalue weighted by molar-refractivity contribution is 6.00. The number of ether oxygens (including phenoxy) is 1. The molecule has 0 radical (unpaired) electrons.